The number of amides is 1. The van der Waals surface area contributed by atoms with E-state index in [1.807, 2.05) is 19.1 Å². The maximum atomic E-state index is 12.4. The molecule has 0 radical (unpaired) electrons. The van der Waals surface area contributed by atoms with Crippen LogP contribution in [0.15, 0.2) is 36.4 Å². The Morgan fingerprint density at radius 2 is 1.92 bits per heavy atom. The standard InChI is InChI=1S/C17H17N3O5/c1-10(11-3-5-15-16(9-11)25-7-6-24-15)19-17(21)12-2-4-13(18)14(8-12)20(22)23/h2-5,8-10H,6-7,18H2,1H3,(H,19,21)/t10-/m0/s1. The van der Waals surface area contributed by atoms with Gasteiger partial charge in [0.2, 0.25) is 0 Å². The zero-order valence-electron chi connectivity index (χ0n) is 13.5. The fourth-order valence-electron chi connectivity index (χ4n) is 2.54. The second-order valence-corrected chi connectivity index (χ2v) is 5.63. The Bertz CT molecular complexity index is 837. The molecule has 0 spiro atoms. The smallest absolute Gasteiger partial charge is 0.292 e. The van der Waals surface area contributed by atoms with Crippen LogP contribution in [0.2, 0.25) is 0 Å². The number of nitrogens with zero attached hydrogens (tertiary/aromatic N) is 1. The SMILES string of the molecule is C[C@H](NC(=O)c1ccc(N)c([N+](=O)[O-])c1)c1ccc2c(c1)OCCO2. The topological polar surface area (TPSA) is 117 Å². The minimum absolute atomic E-state index is 0.0152. The lowest BCUT2D eigenvalue weighted by Gasteiger charge is -2.21. The van der Waals surface area contributed by atoms with Crippen molar-refractivity contribution in [1.82, 2.24) is 5.32 Å². The van der Waals surface area contributed by atoms with Crippen LogP contribution in [0.3, 0.4) is 0 Å². The second-order valence-electron chi connectivity index (χ2n) is 5.63. The van der Waals surface area contributed by atoms with Crippen molar-refractivity contribution in [1.29, 1.82) is 0 Å². The number of nitro benzene ring substituents is 1. The van der Waals surface area contributed by atoms with Crippen LogP contribution in [0.25, 0.3) is 0 Å². The summed E-state index contributed by atoms with van der Waals surface area (Å²) in [6, 6.07) is 9.09. The van der Waals surface area contributed by atoms with Gasteiger partial charge in [0, 0.05) is 11.6 Å². The van der Waals surface area contributed by atoms with Crippen LogP contribution in [0.4, 0.5) is 11.4 Å². The average molecular weight is 343 g/mol. The summed E-state index contributed by atoms with van der Waals surface area (Å²) < 4.78 is 11.0. The summed E-state index contributed by atoms with van der Waals surface area (Å²) in [6.45, 7) is 2.80. The molecule has 0 unspecified atom stereocenters. The number of nitro groups is 1. The van der Waals surface area contributed by atoms with Gasteiger partial charge in [-0.05, 0) is 36.8 Å². The van der Waals surface area contributed by atoms with E-state index in [1.165, 1.54) is 18.2 Å². The van der Waals surface area contributed by atoms with Gasteiger partial charge < -0.3 is 20.5 Å². The predicted octanol–water partition coefficient (Wildman–Crippen LogP) is 2.44. The predicted molar refractivity (Wildman–Crippen MR) is 90.8 cm³/mol. The number of nitrogens with one attached hydrogen (secondary N) is 1. The van der Waals surface area contributed by atoms with Crippen molar-refractivity contribution in [3.8, 4) is 11.5 Å². The molecular formula is C17H17N3O5. The van der Waals surface area contributed by atoms with E-state index in [0.717, 1.165) is 5.56 Å². The van der Waals surface area contributed by atoms with Crippen LogP contribution in [0.5, 0.6) is 11.5 Å². The number of nitrogens with two attached hydrogens (primary N) is 1. The number of nitrogen functional groups attached to an aromatic ring is 1. The van der Waals surface area contributed by atoms with E-state index in [0.29, 0.717) is 24.7 Å². The van der Waals surface area contributed by atoms with Crippen molar-refractivity contribution in [3.63, 3.8) is 0 Å². The molecule has 1 amide bonds. The van der Waals surface area contributed by atoms with Crippen molar-refractivity contribution in [2.24, 2.45) is 0 Å². The lowest BCUT2D eigenvalue weighted by molar-refractivity contribution is -0.383. The minimum atomic E-state index is -0.615. The number of fused-ring (bicyclic) bond motifs is 1. The Morgan fingerprint density at radius 3 is 2.64 bits per heavy atom. The summed E-state index contributed by atoms with van der Waals surface area (Å²) >= 11 is 0. The van der Waals surface area contributed by atoms with E-state index in [-0.39, 0.29) is 23.0 Å². The molecular weight excluding hydrogens is 326 g/mol. The summed E-state index contributed by atoms with van der Waals surface area (Å²) in [7, 11) is 0. The number of rotatable bonds is 4. The normalized spacial score (nSPS) is 13.8. The average Bonchev–Trinajstić information content (AvgIpc) is 2.61. The van der Waals surface area contributed by atoms with E-state index < -0.39 is 10.8 Å². The maximum absolute atomic E-state index is 12.4. The highest BCUT2D eigenvalue weighted by Gasteiger charge is 2.19. The molecule has 130 valence electrons. The number of benzene rings is 2. The molecule has 0 aromatic heterocycles. The summed E-state index contributed by atoms with van der Waals surface area (Å²) in [5.41, 5.74) is 6.28. The number of ether oxygens (including phenoxy) is 2. The first-order valence-corrected chi connectivity index (χ1v) is 7.70. The number of carbonyl (C=O) groups is 1. The van der Waals surface area contributed by atoms with E-state index >= 15 is 0 Å². The zero-order valence-corrected chi connectivity index (χ0v) is 13.5. The lowest BCUT2D eigenvalue weighted by atomic mass is 10.1. The molecule has 0 aliphatic carbocycles. The van der Waals surface area contributed by atoms with E-state index in [4.69, 9.17) is 15.2 Å². The number of anilines is 1. The summed E-state index contributed by atoms with van der Waals surface area (Å²) in [5.74, 6) is 0.876. The third kappa shape index (κ3) is 3.47. The van der Waals surface area contributed by atoms with Gasteiger partial charge in [-0.25, -0.2) is 0 Å². The van der Waals surface area contributed by atoms with Crippen molar-refractivity contribution in [3.05, 3.63) is 57.6 Å². The number of carbonyl (C=O) groups excluding carboxylic acids is 1. The molecule has 0 fully saturated rings. The van der Waals surface area contributed by atoms with Gasteiger partial charge in [-0.1, -0.05) is 6.07 Å². The molecule has 1 aliphatic rings. The van der Waals surface area contributed by atoms with Crippen LogP contribution in [0, 0.1) is 10.1 Å². The maximum Gasteiger partial charge on any atom is 0.292 e. The molecule has 2 aromatic carbocycles. The Morgan fingerprint density at radius 1 is 1.20 bits per heavy atom. The molecule has 1 atom stereocenters. The quantitative estimate of drug-likeness (QED) is 0.500. The molecule has 0 saturated heterocycles. The molecule has 0 bridgehead atoms. The molecule has 25 heavy (non-hydrogen) atoms. The minimum Gasteiger partial charge on any atom is -0.486 e. The van der Waals surface area contributed by atoms with Crippen LogP contribution in [-0.4, -0.2) is 24.0 Å². The Labute approximate surface area is 143 Å². The fourth-order valence-corrected chi connectivity index (χ4v) is 2.54. The van der Waals surface area contributed by atoms with Crippen LogP contribution in [-0.2, 0) is 0 Å². The Hall–Kier alpha value is -3.29. The molecule has 0 saturated carbocycles. The first-order valence-electron chi connectivity index (χ1n) is 7.70. The van der Waals surface area contributed by atoms with Crippen molar-refractivity contribution in [2.45, 2.75) is 13.0 Å². The van der Waals surface area contributed by atoms with E-state index in [9.17, 15) is 14.9 Å². The van der Waals surface area contributed by atoms with Gasteiger partial charge in [0.25, 0.3) is 11.6 Å². The summed E-state index contributed by atoms with van der Waals surface area (Å²) in [4.78, 5) is 22.7. The van der Waals surface area contributed by atoms with Crippen molar-refractivity contribution in [2.75, 3.05) is 18.9 Å². The molecule has 3 rings (SSSR count). The summed E-state index contributed by atoms with van der Waals surface area (Å²) in [6.07, 6.45) is 0. The highest BCUT2D eigenvalue weighted by atomic mass is 16.6. The molecule has 3 N–H and O–H groups in total. The van der Waals surface area contributed by atoms with Gasteiger partial charge in [-0.15, -0.1) is 0 Å². The fraction of sp³-hybridized carbons (Fsp3) is 0.235. The highest BCUT2D eigenvalue weighted by molar-refractivity contribution is 5.95. The van der Waals surface area contributed by atoms with Crippen LogP contribution < -0.4 is 20.5 Å². The third-order valence-corrected chi connectivity index (χ3v) is 3.90. The van der Waals surface area contributed by atoms with Gasteiger partial charge in [0.1, 0.15) is 18.9 Å². The van der Waals surface area contributed by atoms with Gasteiger partial charge in [-0.3, -0.25) is 14.9 Å². The molecule has 2 aromatic rings. The number of hydrogen-bond acceptors (Lipinski definition) is 6. The Balaban J connectivity index is 1.76. The molecule has 8 heteroatoms. The zero-order chi connectivity index (χ0) is 18.0. The highest BCUT2D eigenvalue weighted by Crippen LogP contribution is 2.32. The first kappa shape index (κ1) is 16.6. The van der Waals surface area contributed by atoms with Crippen molar-refractivity contribution >= 4 is 17.3 Å². The lowest BCUT2D eigenvalue weighted by Crippen LogP contribution is -2.27. The monoisotopic (exact) mass is 343 g/mol. The van der Waals surface area contributed by atoms with Gasteiger partial charge >= 0.3 is 0 Å². The first-order chi connectivity index (χ1) is 12.0. The van der Waals surface area contributed by atoms with Crippen LogP contribution in [0.1, 0.15) is 28.9 Å². The van der Waals surface area contributed by atoms with Crippen LogP contribution >= 0.6 is 0 Å². The molecule has 1 aliphatic heterocycles. The molecule has 1 heterocycles. The number of hydrogen-bond donors (Lipinski definition) is 2. The largest absolute Gasteiger partial charge is 0.486 e. The van der Waals surface area contributed by atoms with E-state index in [2.05, 4.69) is 5.32 Å². The van der Waals surface area contributed by atoms with Crippen molar-refractivity contribution < 1.29 is 19.2 Å². The van der Waals surface area contributed by atoms with E-state index in [1.54, 1.807) is 6.07 Å². The third-order valence-electron chi connectivity index (χ3n) is 3.90. The van der Waals surface area contributed by atoms with Gasteiger partial charge in [-0.2, -0.15) is 0 Å². The second kappa shape index (κ2) is 6.68. The van der Waals surface area contributed by atoms with Gasteiger partial charge in [0.05, 0.1) is 11.0 Å². The van der Waals surface area contributed by atoms with Gasteiger partial charge in [0.15, 0.2) is 11.5 Å². The Kier molecular flexibility index (Phi) is 4.42. The molecule has 8 nitrogen and oxygen atoms in total. The summed E-state index contributed by atoms with van der Waals surface area (Å²) in [5, 5.41) is 13.8.